The van der Waals surface area contributed by atoms with Crippen molar-refractivity contribution in [3.05, 3.63) is 45.9 Å². The molecule has 0 heterocycles. The van der Waals surface area contributed by atoms with Crippen LogP contribution in [-0.2, 0) is 4.79 Å². The van der Waals surface area contributed by atoms with Gasteiger partial charge in [0.15, 0.2) is 5.76 Å². The molecule has 0 aliphatic carbocycles. The Kier molecular flexibility index (Phi) is 13.2. The number of aliphatic carboxylic acids is 1. The molecular weight excluding hydrogens is 310 g/mol. The second kappa shape index (κ2) is 14.5. The zero-order valence-electron chi connectivity index (χ0n) is 14.4. The lowest BCUT2D eigenvalue weighted by Crippen LogP contribution is -2.03. The van der Waals surface area contributed by atoms with E-state index < -0.39 is 10.9 Å². The molecule has 24 heavy (non-hydrogen) atoms. The minimum atomic E-state index is -0.788. The quantitative estimate of drug-likeness (QED) is 0.150. The second-order valence-corrected chi connectivity index (χ2v) is 5.60. The lowest BCUT2D eigenvalue weighted by atomic mass is 10.1. The number of nitrogens with zero attached hydrogens (tertiary/aromatic N) is 1. The topological polar surface area (TPSA) is 101 Å². The van der Waals surface area contributed by atoms with Crippen molar-refractivity contribution >= 4 is 5.97 Å². The highest BCUT2D eigenvalue weighted by Gasteiger charge is 2.15. The van der Waals surface area contributed by atoms with Crippen LogP contribution < -0.4 is 0 Å². The zero-order valence-corrected chi connectivity index (χ0v) is 14.4. The number of allylic oxidation sites excluding steroid dienone is 5. The fourth-order valence-corrected chi connectivity index (χ4v) is 2.17. The largest absolute Gasteiger partial charge is 0.506 e. The van der Waals surface area contributed by atoms with E-state index in [4.69, 9.17) is 5.11 Å². The Balaban J connectivity index is 4.14. The number of aliphatic hydroxyl groups excluding tert-OH is 1. The smallest absolute Gasteiger partial charge is 0.303 e. The van der Waals surface area contributed by atoms with Gasteiger partial charge in [0, 0.05) is 12.8 Å². The van der Waals surface area contributed by atoms with E-state index in [0.717, 1.165) is 32.1 Å². The van der Waals surface area contributed by atoms with Gasteiger partial charge < -0.3 is 10.2 Å². The predicted molar refractivity (Wildman–Crippen MR) is 94.4 cm³/mol. The van der Waals surface area contributed by atoms with Gasteiger partial charge >= 0.3 is 5.97 Å². The summed E-state index contributed by atoms with van der Waals surface area (Å²) in [4.78, 5) is 20.9. The Morgan fingerprint density at radius 1 is 0.958 bits per heavy atom. The van der Waals surface area contributed by atoms with Gasteiger partial charge in [-0.25, -0.2) is 0 Å². The number of carbonyl (C=O) groups is 1. The summed E-state index contributed by atoms with van der Waals surface area (Å²) < 4.78 is 0. The van der Waals surface area contributed by atoms with E-state index in [1.807, 2.05) is 25.2 Å². The van der Waals surface area contributed by atoms with E-state index >= 15 is 0 Å². The van der Waals surface area contributed by atoms with Gasteiger partial charge in [0.2, 0.25) is 0 Å². The summed E-state index contributed by atoms with van der Waals surface area (Å²) in [6.07, 6.45) is 13.7. The van der Waals surface area contributed by atoms with Crippen LogP contribution in [0.25, 0.3) is 0 Å². The molecule has 0 amide bonds. The molecule has 6 nitrogen and oxygen atoms in total. The normalized spacial score (nSPS) is 12.7. The van der Waals surface area contributed by atoms with Crippen LogP contribution in [0.3, 0.4) is 0 Å². The summed E-state index contributed by atoms with van der Waals surface area (Å²) in [7, 11) is 0. The SMILES string of the molecule is CC/C=C\C/C=C\C/C(=C(/O)CCCCCCCC(=O)O)[N+](=O)[O-]. The first kappa shape index (κ1) is 21.9. The Morgan fingerprint density at radius 3 is 2.12 bits per heavy atom. The third kappa shape index (κ3) is 12.4. The molecule has 0 spiro atoms. The number of hydrogen-bond donors (Lipinski definition) is 2. The molecule has 0 saturated heterocycles. The monoisotopic (exact) mass is 339 g/mol. The molecule has 0 radical (unpaired) electrons. The van der Waals surface area contributed by atoms with Crippen LogP contribution in [0.4, 0.5) is 0 Å². The van der Waals surface area contributed by atoms with E-state index in [2.05, 4.69) is 0 Å². The number of carboxylic acid groups (broad SMARTS) is 1. The highest BCUT2D eigenvalue weighted by atomic mass is 16.6. The average molecular weight is 339 g/mol. The number of carboxylic acids is 1. The molecule has 0 aromatic heterocycles. The van der Waals surface area contributed by atoms with E-state index in [-0.39, 0.29) is 24.3 Å². The van der Waals surface area contributed by atoms with Crippen molar-refractivity contribution in [3.8, 4) is 0 Å². The van der Waals surface area contributed by atoms with Crippen molar-refractivity contribution in [2.24, 2.45) is 0 Å². The Hall–Kier alpha value is -2.11. The number of nitro groups is 1. The Morgan fingerprint density at radius 2 is 1.54 bits per heavy atom. The lowest BCUT2D eigenvalue weighted by Gasteiger charge is -2.03. The van der Waals surface area contributed by atoms with Crippen molar-refractivity contribution in [2.75, 3.05) is 0 Å². The van der Waals surface area contributed by atoms with Crippen molar-refractivity contribution in [1.82, 2.24) is 0 Å². The summed E-state index contributed by atoms with van der Waals surface area (Å²) >= 11 is 0. The van der Waals surface area contributed by atoms with E-state index in [1.165, 1.54) is 0 Å². The standard InChI is InChI=1S/C18H29NO5/c1-2-3-4-5-7-10-13-16(19(23)24)17(20)14-11-8-6-9-12-15-18(21)22/h3-4,7,10,20H,2,5-6,8-9,11-15H2,1H3,(H,21,22)/b4-3-,10-7-,17-16-. The van der Waals surface area contributed by atoms with Gasteiger partial charge in [-0.3, -0.25) is 14.9 Å². The fraction of sp³-hybridized carbons (Fsp3) is 0.611. The van der Waals surface area contributed by atoms with Gasteiger partial charge in [0.05, 0.1) is 11.3 Å². The number of unbranched alkanes of at least 4 members (excludes halogenated alkanes) is 4. The van der Waals surface area contributed by atoms with Gasteiger partial charge in [0.1, 0.15) is 0 Å². The number of rotatable bonds is 14. The number of aliphatic hydroxyl groups is 1. The maximum Gasteiger partial charge on any atom is 0.303 e. The molecule has 0 aliphatic heterocycles. The van der Waals surface area contributed by atoms with Gasteiger partial charge in [0.25, 0.3) is 5.70 Å². The molecule has 0 bridgehead atoms. The summed E-state index contributed by atoms with van der Waals surface area (Å²) in [5, 5.41) is 29.5. The first-order chi connectivity index (χ1) is 11.5. The number of hydrogen-bond acceptors (Lipinski definition) is 4. The molecule has 0 aromatic carbocycles. The third-order valence-corrected chi connectivity index (χ3v) is 3.51. The zero-order chi connectivity index (χ0) is 18.2. The average Bonchev–Trinajstić information content (AvgIpc) is 2.52. The Labute approximate surface area is 143 Å². The third-order valence-electron chi connectivity index (χ3n) is 3.51. The van der Waals surface area contributed by atoms with Gasteiger partial charge in [-0.15, -0.1) is 0 Å². The van der Waals surface area contributed by atoms with Crippen LogP contribution >= 0.6 is 0 Å². The van der Waals surface area contributed by atoms with E-state index in [1.54, 1.807) is 6.08 Å². The van der Waals surface area contributed by atoms with Crippen LogP contribution in [-0.4, -0.2) is 21.1 Å². The molecule has 0 aliphatic rings. The maximum atomic E-state index is 11.0. The Bertz CT molecular complexity index is 466. The summed E-state index contributed by atoms with van der Waals surface area (Å²) in [5.74, 6) is -0.941. The molecule has 0 unspecified atom stereocenters. The molecule has 0 saturated carbocycles. The summed E-state index contributed by atoms with van der Waals surface area (Å²) in [6, 6.07) is 0. The van der Waals surface area contributed by atoms with Gasteiger partial charge in [-0.05, 0) is 25.7 Å². The van der Waals surface area contributed by atoms with Gasteiger partial charge in [-0.1, -0.05) is 50.5 Å². The lowest BCUT2D eigenvalue weighted by molar-refractivity contribution is -0.430. The molecule has 136 valence electrons. The molecular formula is C18H29NO5. The molecule has 2 N–H and O–H groups in total. The fourth-order valence-electron chi connectivity index (χ4n) is 2.17. The first-order valence-corrected chi connectivity index (χ1v) is 8.56. The summed E-state index contributed by atoms with van der Waals surface area (Å²) in [6.45, 7) is 2.04. The highest BCUT2D eigenvalue weighted by molar-refractivity contribution is 5.66. The molecule has 0 rings (SSSR count). The molecule has 0 aromatic rings. The van der Waals surface area contributed by atoms with Crippen molar-refractivity contribution in [3.63, 3.8) is 0 Å². The summed E-state index contributed by atoms with van der Waals surface area (Å²) in [5.41, 5.74) is -0.142. The van der Waals surface area contributed by atoms with Crippen molar-refractivity contribution < 1.29 is 19.9 Å². The molecule has 6 heteroatoms. The maximum absolute atomic E-state index is 11.0. The van der Waals surface area contributed by atoms with E-state index in [0.29, 0.717) is 19.3 Å². The minimum absolute atomic E-state index is 0.122. The minimum Gasteiger partial charge on any atom is -0.506 e. The molecule has 0 atom stereocenters. The van der Waals surface area contributed by atoms with E-state index in [9.17, 15) is 20.0 Å². The van der Waals surface area contributed by atoms with Crippen LogP contribution in [0.5, 0.6) is 0 Å². The highest BCUT2D eigenvalue weighted by Crippen LogP contribution is 2.16. The second-order valence-electron chi connectivity index (χ2n) is 5.60. The van der Waals surface area contributed by atoms with Crippen LogP contribution in [0, 0.1) is 10.1 Å². The van der Waals surface area contributed by atoms with Crippen molar-refractivity contribution in [2.45, 2.75) is 71.1 Å². The van der Waals surface area contributed by atoms with Crippen LogP contribution in [0.1, 0.15) is 71.1 Å². The predicted octanol–water partition coefficient (Wildman–Crippen LogP) is 5.15. The van der Waals surface area contributed by atoms with Crippen LogP contribution in [0.2, 0.25) is 0 Å². The van der Waals surface area contributed by atoms with Crippen LogP contribution in [0.15, 0.2) is 35.8 Å². The van der Waals surface area contributed by atoms with Gasteiger partial charge in [-0.2, -0.15) is 0 Å². The molecule has 0 fully saturated rings. The first-order valence-electron chi connectivity index (χ1n) is 8.56. The van der Waals surface area contributed by atoms with Crippen molar-refractivity contribution in [1.29, 1.82) is 0 Å².